The number of halogens is 3. The Morgan fingerprint density at radius 1 is 0.947 bits per heavy atom. The van der Waals surface area contributed by atoms with Crippen LogP contribution in [0.2, 0.25) is 0 Å². The van der Waals surface area contributed by atoms with Crippen molar-refractivity contribution in [2.45, 2.75) is 136 Å². The Hall–Kier alpha value is -4.14. The zero-order valence-electron chi connectivity index (χ0n) is 34.2. The number of ether oxygens (including phenoxy) is 4. The number of esters is 1. The molecular formula is C37H56F3N5O11S. The predicted molar refractivity (Wildman–Crippen MR) is 198 cm³/mol. The number of nitrogens with one attached hydrogen (secondary N) is 1. The molecule has 4 rings (SSSR count). The highest BCUT2D eigenvalue weighted by Crippen LogP contribution is 2.36. The van der Waals surface area contributed by atoms with Crippen LogP contribution in [0.25, 0.3) is 11.1 Å². The normalized spacial score (nSPS) is 17.5. The number of benzene rings is 1. The summed E-state index contributed by atoms with van der Waals surface area (Å²) in [6.07, 6.45) is 4.75. The van der Waals surface area contributed by atoms with E-state index in [2.05, 4.69) is 33.1 Å². The Morgan fingerprint density at radius 3 is 2.05 bits per heavy atom. The first-order valence-corrected chi connectivity index (χ1v) is 19.8. The van der Waals surface area contributed by atoms with Gasteiger partial charge in [0, 0.05) is 19.6 Å². The standard InChI is InChI=1S/C36H55N5O8.CHF3O3S/c1-33(2,3)46-30(42)36(10,49-37)29-15-13-26-18-25(12-14-28(26)45-29)27-22-40(17-11-16-38-31(43)47-34(4,5)6)41(23-27)21-24-19-39(20-24)32(44)48-35(7,8)9;2-1(3,4)8(5,6)7/h12,14,18,22-24,29H,11,13,15-17,19-21,37H2,1-10H3;(H,5,6,7)/t29-,36?;/m1./s1. The van der Waals surface area contributed by atoms with Gasteiger partial charge in [0.15, 0.2) is 16.7 Å². The summed E-state index contributed by atoms with van der Waals surface area (Å²) in [7, 11) is -6.09. The molecule has 322 valence electrons. The molecule has 0 aliphatic carbocycles. The lowest BCUT2D eigenvalue weighted by Gasteiger charge is -2.38. The van der Waals surface area contributed by atoms with E-state index in [9.17, 15) is 27.6 Å². The Balaban J connectivity index is 0.000000980. The highest BCUT2D eigenvalue weighted by Gasteiger charge is 2.48. The van der Waals surface area contributed by atoms with Gasteiger partial charge in [-0.05, 0) is 112 Å². The number of aryl methyl sites for hydroxylation is 2. The van der Waals surface area contributed by atoms with Gasteiger partial charge in [-0.25, -0.2) is 28.7 Å². The molecule has 2 aliphatic rings. The summed E-state index contributed by atoms with van der Waals surface area (Å²) in [5.41, 5.74) is -5.84. The van der Waals surface area contributed by atoms with Crippen molar-refractivity contribution >= 4 is 28.3 Å². The fraction of sp³-hybridized carbons (Fsp3) is 0.676. The number of amides is 2. The molecule has 0 bridgehead atoms. The van der Waals surface area contributed by atoms with Gasteiger partial charge < -0.3 is 33.7 Å². The van der Waals surface area contributed by atoms with Crippen LogP contribution in [0.4, 0.5) is 22.8 Å². The fourth-order valence-electron chi connectivity index (χ4n) is 5.76. The number of hydrogen-bond donors (Lipinski definition) is 2. The summed E-state index contributed by atoms with van der Waals surface area (Å²) < 4.78 is 86.0. The summed E-state index contributed by atoms with van der Waals surface area (Å²) in [5.74, 6) is 6.01. The number of alkyl carbamates (subject to hydrolysis) is 1. The van der Waals surface area contributed by atoms with Crippen molar-refractivity contribution in [3.05, 3.63) is 36.2 Å². The van der Waals surface area contributed by atoms with Crippen molar-refractivity contribution in [2.24, 2.45) is 11.8 Å². The van der Waals surface area contributed by atoms with Gasteiger partial charge in [-0.2, -0.15) is 17.9 Å². The van der Waals surface area contributed by atoms with Crippen LogP contribution < -0.4 is 20.6 Å². The molecule has 1 unspecified atom stereocenters. The summed E-state index contributed by atoms with van der Waals surface area (Å²) in [5, 5.41) is 2.84. The molecule has 1 fully saturated rings. The molecule has 1 saturated heterocycles. The minimum atomic E-state index is -6.09. The number of hydrogen-bond acceptors (Lipinski definition) is 12. The molecule has 0 spiro atoms. The van der Waals surface area contributed by atoms with Gasteiger partial charge in [-0.1, -0.05) is 6.07 Å². The largest absolute Gasteiger partial charge is 0.741 e. The average Bonchev–Trinajstić information content (AvgIpc) is 3.43. The second kappa shape index (κ2) is 17.8. The lowest BCUT2D eigenvalue weighted by molar-refractivity contribution is -0.781. The number of rotatable bonds is 10. The van der Waals surface area contributed by atoms with Gasteiger partial charge in [0.25, 0.3) is 0 Å². The van der Waals surface area contributed by atoms with Crippen molar-refractivity contribution in [2.75, 3.05) is 19.6 Å². The van der Waals surface area contributed by atoms with E-state index in [0.717, 1.165) is 23.2 Å². The molecule has 2 aromatic rings. The van der Waals surface area contributed by atoms with E-state index in [4.69, 9.17) is 42.7 Å². The van der Waals surface area contributed by atoms with Gasteiger partial charge in [0.2, 0.25) is 11.8 Å². The van der Waals surface area contributed by atoms with Gasteiger partial charge >= 0.3 is 23.7 Å². The topological polar surface area (TPSA) is 205 Å². The Bertz CT molecular complexity index is 1840. The van der Waals surface area contributed by atoms with Crippen LogP contribution in [0, 0.1) is 5.92 Å². The summed E-state index contributed by atoms with van der Waals surface area (Å²) in [6, 6.07) is 6.03. The maximum absolute atomic E-state index is 13.0. The van der Waals surface area contributed by atoms with E-state index >= 15 is 0 Å². The molecule has 1 aromatic heterocycles. The number of carbonyl (C=O) groups is 3. The summed E-state index contributed by atoms with van der Waals surface area (Å²) >= 11 is 0. The molecule has 2 aliphatic heterocycles. The third-order valence-electron chi connectivity index (χ3n) is 8.48. The Kier molecular flexibility index (Phi) is 14.7. The fourth-order valence-corrected chi connectivity index (χ4v) is 5.76. The highest BCUT2D eigenvalue weighted by atomic mass is 32.2. The van der Waals surface area contributed by atoms with Crippen LogP contribution in [0.1, 0.15) is 87.6 Å². The van der Waals surface area contributed by atoms with Crippen molar-refractivity contribution in [1.29, 1.82) is 0 Å². The van der Waals surface area contributed by atoms with Crippen LogP contribution in [-0.4, -0.2) is 94.4 Å². The molecule has 16 nitrogen and oxygen atoms in total. The van der Waals surface area contributed by atoms with Crippen molar-refractivity contribution in [3.63, 3.8) is 0 Å². The van der Waals surface area contributed by atoms with Crippen LogP contribution in [0.15, 0.2) is 30.6 Å². The number of fused-ring (bicyclic) bond motifs is 1. The van der Waals surface area contributed by atoms with Crippen LogP contribution >= 0.6 is 0 Å². The van der Waals surface area contributed by atoms with E-state index < -0.39 is 56.2 Å². The van der Waals surface area contributed by atoms with E-state index in [0.29, 0.717) is 51.2 Å². The molecule has 3 N–H and O–H groups in total. The van der Waals surface area contributed by atoms with Crippen LogP contribution in [0.5, 0.6) is 5.75 Å². The number of nitrogens with two attached hydrogens (primary N) is 1. The lowest BCUT2D eigenvalue weighted by atomic mass is 9.89. The van der Waals surface area contributed by atoms with Crippen molar-refractivity contribution in [1.82, 2.24) is 14.9 Å². The second-order valence-electron chi connectivity index (χ2n) is 17.1. The number of alkyl halides is 3. The number of carbonyl (C=O) groups excluding carboxylic acids is 3. The average molecular weight is 836 g/mol. The number of nitrogens with zero attached hydrogens (tertiary/aromatic N) is 3. The van der Waals surface area contributed by atoms with E-state index in [1.54, 1.807) is 32.6 Å². The first-order chi connectivity index (χ1) is 25.9. The quantitative estimate of drug-likeness (QED) is 0.0620. The SMILES string of the molecule is CC(C)(C)OC(=O)NCCCn1cc(-c2ccc3c(c2)CC[C@H](C(C)(ON)C(=O)OC(C)(C)C)O3)c[n+]1CC1CN(C(=O)OC(C)(C)C)C1.O=S(=O)([O-])C(F)(F)F. The predicted octanol–water partition coefficient (Wildman–Crippen LogP) is 4.96. The zero-order valence-corrected chi connectivity index (χ0v) is 35.0. The maximum atomic E-state index is 13.0. The molecule has 2 atom stereocenters. The van der Waals surface area contributed by atoms with Gasteiger partial charge in [-0.3, -0.25) is 4.84 Å². The van der Waals surface area contributed by atoms with E-state index in [-0.39, 0.29) is 12.0 Å². The molecule has 57 heavy (non-hydrogen) atoms. The molecule has 2 amide bonds. The third-order valence-corrected chi connectivity index (χ3v) is 9.05. The van der Waals surface area contributed by atoms with Gasteiger partial charge in [-0.15, -0.1) is 4.68 Å². The van der Waals surface area contributed by atoms with E-state index in [1.807, 2.05) is 53.7 Å². The minimum absolute atomic E-state index is 0.275. The lowest BCUT2D eigenvalue weighted by Crippen LogP contribution is -2.58. The van der Waals surface area contributed by atoms with Gasteiger partial charge in [0.05, 0.1) is 24.2 Å². The first kappa shape index (κ1) is 47.2. The smallest absolute Gasteiger partial charge is 0.485 e. The van der Waals surface area contributed by atoms with Crippen LogP contribution in [0.3, 0.4) is 0 Å². The molecule has 1 aromatic carbocycles. The first-order valence-electron chi connectivity index (χ1n) is 18.4. The van der Waals surface area contributed by atoms with Crippen molar-refractivity contribution in [3.8, 4) is 16.9 Å². The summed E-state index contributed by atoms with van der Waals surface area (Å²) in [6.45, 7) is 21.2. The Labute approximate surface area is 331 Å². The minimum Gasteiger partial charge on any atom is -0.741 e. The molecule has 0 saturated carbocycles. The Morgan fingerprint density at radius 2 is 1.53 bits per heavy atom. The van der Waals surface area contributed by atoms with Gasteiger partial charge in [0.1, 0.15) is 28.7 Å². The molecular weight excluding hydrogens is 779 g/mol. The van der Waals surface area contributed by atoms with Crippen LogP contribution in [-0.2, 0) is 53.5 Å². The zero-order chi connectivity index (χ0) is 43.4. The highest BCUT2D eigenvalue weighted by molar-refractivity contribution is 7.86. The molecule has 20 heteroatoms. The number of aromatic nitrogens is 2. The number of likely N-dealkylation sites (tertiary alicyclic amines) is 1. The van der Waals surface area contributed by atoms with E-state index in [1.165, 1.54) is 0 Å². The monoisotopic (exact) mass is 835 g/mol. The van der Waals surface area contributed by atoms with Crippen molar-refractivity contribution < 1.29 is 69.0 Å². The summed E-state index contributed by atoms with van der Waals surface area (Å²) in [4.78, 5) is 44.6. The third kappa shape index (κ3) is 14.0. The molecule has 0 radical (unpaired) electrons. The molecule has 3 heterocycles. The second-order valence-corrected chi connectivity index (χ2v) is 18.5. The maximum Gasteiger partial charge on any atom is 0.485 e.